The third-order valence-electron chi connectivity index (χ3n) is 5.98. The van der Waals surface area contributed by atoms with E-state index in [9.17, 15) is 37.5 Å². The van der Waals surface area contributed by atoms with E-state index in [4.69, 9.17) is 9.47 Å². The summed E-state index contributed by atoms with van der Waals surface area (Å²) in [6, 6.07) is 14.6. The molecule has 0 unspecified atom stereocenters. The number of carbonyl (C=O) groups excluding carboxylic acids is 4. The Kier molecular flexibility index (Phi) is 10.2. The van der Waals surface area contributed by atoms with E-state index in [2.05, 4.69) is 5.32 Å². The van der Waals surface area contributed by atoms with Crippen LogP contribution >= 0.6 is 0 Å². The molecule has 9 nitrogen and oxygen atoms in total. The van der Waals surface area contributed by atoms with Gasteiger partial charge in [0.2, 0.25) is 5.91 Å². The number of ether oxygens (including phenoxy) is 2. The summed E-state index contributed by atoms with van der Waals surface area (Å²) in [5, 5.41) is 13.6. The summed E-state index contributed by atoms with van der Waals surface area (Å²) in [5.74, 6) is -3.27. The predicted molar refractivity (Wildman–Crippen MR) is 148 cm³/mol. The molecule has 0 bridgehead atoms. The van der Waals surface area contributed by atoms with E-state index in [1.165, 1.54) is 72.7 Å². The average Bonchev–Trinajstić information content (AvgIpc) is 2.91. The van der Waals surface area contributed by atoms with Gasteiger partial charge in [-0.2, -0.15) is 13.2 Å². The van der Waals surface area contributed by atoms with Crippen LogP contribution < -0.4 is 15.2 Å². The molecule has 228 valence electrons. The van der Waals surface area contributed by atoms with E-state index in [1.807, 2.05) is 0 Å². The zero-order valence-corrected chi connectivity index (χ0v) is 23.9. The summed E-state index contributed by atoms with van der Waals surface area (Å²) >= 11 is 0. The van der Waals surface area contributed by atoms with Crippen LogP contribution in [-0.4, -0.2) is 47.9 Å². The minimum atomic E-state index is -4.69. The molecule has 0 spiro atoms. The van der Waals surface area contributed by atoms with Crippen LogP contribution in [0.5, 0.6) is 5.75 Å². The van der Waals surface area contributed by atoms with Crippen molar-refractivity contribution < 1.29 is 46.9 Å². The van der Waals surface area contributed by atoms with Gasteiger partial charge in [0.1, 0.15) is 17.9 Å². The van der Waals surface area contributed by atoms with Crippen molar-refractivity contribution in [2.75, 3.05) is 19.0 Å². The zero-order valence-electron chi connectivity index (χ0n) is 23.9. The third kappa shape index (κ3) is 9.59. The lowest BCUT2D eigenvalue weighted by Gasteiger charge is -2.25. The standard InChI is InChI=1S/C31H31F3N2O7/c1-30(2,3)43-27(38)18-36(17-19-5-7-21(8-6-19)29(40)41)28(39)20-9-12-23(13-10-20)35-26(37)15-22-11-14-24(42-4)16-25(22)31(32,33)34/h5-14,16H,15,17-18H2,1-4H3,(H,35,37)(H,40,41)/p-1. The number of carboxylic acid groups (broad SMARTS) is 1. The summed E-state index contributed by atoms with van der Waals surface area (Å²) < 4.78 is 50.7. The lowest BCUT2D eigenvalue weighted by atomic mass is 10.0. The first-order valence-corrected chi connectivity index (χ1v) is 13.0. The normalized spacial score (nSPS) is 11.4. The Hall–Kier alpha value is -4.87. The molecule has 0 aromatic heterocycles. The van der Waals surface area contributed by atoms with Crippen LogP contribution in [0.15, 0.2) is 66.7 Å². The van der Waals surface area contributed by atoms with Gasteiger partial charge in [-0.1, -0.05) is 30.3 Å². The van der Waals surface area contributed by atoms with Gasteiger partial charge in [-0.15, -0.1) is 0 Å². The molecule has 12 heteroatoms. The van der Waals surface area contributed by atoms with Gasteiger partial charge in [0.05, 0.1) is 25.1 Å². The fourth-order valence-electron chi connectivity index (χ4n) is 4.05. The summed E-state index contributed by atoms with van der Waals surface area (Å²) in [5.41, 5.74) is -1.13. The fraction of sp³-hybridized carbons (Fsp3) is 0.290. The minimum Gasteiger partial charge on any atom is -0.545 e. The number of alkyl halides is 3. The van der Waals surface area contributed by atoms with Crippen molar-refractivity contribution in [3.8, 4) is 5.75 Å². The number of amides is 2. The maximum Gasteiger partial charge on any atom is 0.416 e. The van der Waals surface area contributed by atoms with Gasteiger partial charge in [-0.25, -0.2) is 0 Å². The summed E-state index contributed by atoms with van der Waals surface area (Å²) in [4.78, 5) is 50.8. The maximum atomic E-state index is 13.5. The summed E-state index contributed by atoms with van der Waals surface area (Å²) in [7, 11) is 1.24. The molecule has 0 aliphatic rings. The van der Waals surface area contributed by atoms with E-state index in [1.54, 1.807) is 20.8 Å². The van der Waals surface area contributed by atoms with Gasteiger partial charge in [0.15, 0.2) is 0 Å². The molecule has 0 radical (unpaired) electrons. The molecule has 2 amide bonds. The van der Waals surface area contributed by atoms with Crippen molar-refractivity contribution in [1.82, 2.24) is 4.90 Å². The van der Waals surface area contributed by atoms with E-state index in [-0.39, 0.29) is 34.7 Å². The highest BCUT2D eigenvalue weighted by atomic mass is 19.4. The van der Waals surface area contributed by atoms with Crippen molar-refractivity contribution in [3.05, 3.63) is 94.5 Å². The molecular weight excluding hydrogens is 569 g/mol. The highest BCUT2D eigenvalue weighted by molar-refractivity contribution is 5.97. The smallest absolute Gasteiger partial charge is 0.416 e. The third-order valence-corrected chi connectivity index (χ3v) is 5.98. The average molecular weight is 600 g/mol. The number of nitrogens with one attached hydrogen (secondary N) is 1. The Morgan fingerprint density at radius 1 is 0.884 bits per heavy atom. The van der Waals surface area contributed by atoms with Gasteiger partial charge >= 0.3 is 12.1 Å². The van der Waals surface area contributed by atoms with Crippen LogP contribution in [0.4, 0.5) is 18.9 Å². The first-order valence-electron chi connectivity index (χ1n) is 13.0. The minimum absolute atomic E-state index is 0.00651. The molecule has 3 aromatic carbocycles. The van der Waals surface area contributed by atoms with Crippen molar-refractivity contribution in [1.29, 1.82) is 0 Å². The molecule has 0 heterocycles. The Morgan fingerprint density at radius 2 is 1.49 bits per heavy atom. The Balaban J connectivity index is 1.76. The summed E-state index contributed by atoms with van der Waals surface area (Å²) in [6.07, 6.45) is -5.24. The number of methoxy groups -OCH3 is 1. The Morgan fingerprint density at radius 3 is 2.02 bits per heavy atom. The Labute approximate surface area is 246 Å². The van der Waals surface area contributed by atoms with E-state index in [0.717, 1.165) is 6.07 Å². The number of nitrogens with zero attached hydrogens (tertiary/aromatic N) is 1. The molecule has 43 heavy (non-hydrogen) atoms. The van der Waals surface area contributed by atoms with Gasteiger partial charge in [0.25, 0.3) is 5.91 Å². The SMILES string of the molecule is COc1ccc(CC(=O)Nc2ccc(C(=O)N(CC(=O)OC(C)(C)C)Cc3ccc(C(=O)[O-])cc3)cc2)c(C(F)(F)F)c1. The van der Waals surface area contributed by atoms with Crippen LogP contribution in [0.1, 0.15) is 58.2 Å². The number of aromatic carboxylic acids is 1. The number of rotatable bonds is 10. The number of benzene rings is 3. The number of esters is 1. The molecule has 0 atom stereocenters. The van der Waals surface area contributed by atoms with Crippen molar-refractivity contribution in [2.45, 2.75) is 45.5 Å². The van der Waals surface area contributed by atoms with Crippen molar-refractivity contribution >= 4 is 29.4 Å². The Bertz CT molecular complexity index is 1480. The number of hydrogen-bond donors (Lipinski definition) is 1. The van der Waals surface area contributed by atoms with Crippen LogP contribution in [0.25, 0.3) is 0 Å². The molecule has 0 saturated carbocycles. The van der Waals surface area contributed by atoms with Crippen LogP contribution in [-0.2, 0) is 33.5 Å². The second kappa shape index (κ2) is 13.4. The van der Waals surface area contributed by atoms with Crippen LogP contribution in [0, 0.1) is 0 Å². The molecule has 0 aliphatic carbocycles. The van der Waals surface area contributed by atoms with Crippen LogP contribution in [0.2, 0.25) is 0 Å². The van der Waals surface area contributed by atoms with Gasteiger partial charge in [0, 0.05) is 17.8 Å². The summed E-state index contributed by atoms with van der Waals surface area (Å²) in [6.45, 7) is 4.59. The van der Waals surface area contributed by atoms with Gasteiger partial charge in [-0.05, 0) is 73.9 Å². The highest BCUT2D eigenvalue weighted by Crippen LogP contribution is 2.34. The largest absolute Gasteiger partial charge is 0.545 e. The molecule has 0 saturated heterocycles. The molecule has 0 aliphatic heterocycles. The fourth-order valence-corrected chi connectivity index (χ4v) is 4.05. The number of carbonyl (C=O) groups is 4. The maximum absolute atomic E-state index is 13.5. The van der Waals surface area contributed by atoms with E-state index in [0.29, 0.717) is 5.56 Å². The van der Waals surface area contributed by atoms with Crippen molar-refractivity contribution in [3.63, 3.8) is 0 Å². The second-order valence-electron chi connectivity index (χ2n) is 10.6. The molecule has 0 fully saturated rings. The highest BCUT2D eigenvalue weighted by Gasteiger charge is 2.34. The van der Waals surface area contributed by atoms with Gasteiger partial charge in [-0.3, -0.25) is 14.4 Å². The van der Waals surface area contributed by atoms with E-state index < -0.39 is 54.1 Å². The quantitative estimate of drug-likeness (QED) is 0.346. The molecule has 3 rings (SSSR count). The van der Waals surface area contributed by atoms with Gasteiger partial charge < -0.3 is 29.6 Å². The second-order valence-corrected chi connectivity index (χ2v) is 10.6. The molecule has 1 N–H and O–H groups in total. The predicted octanol–water partition coefficient (Wildman–Crippen LogP) is 4.24. The van der Waals surface area contributed by atoms with Crippen molar-refractivity contribution in [2.24, 2.45) is 0 Å². The molecular formula is C31H30F3N2O7-. The monoisotopic (exact) mass is 599 g/mol. The first kappa shape index (κ1) is 32.6. The number of carboxylic acids is 1. The topological polar surface area (TPSA) is 125 Å². The zero-order chi connectivity index (χ0) is 31.9. The lowest BCUT2D eigenvalue weighted by Crippen LogP contribution is -2.38. The number of hydrogen-bond acceptors (Lipinski definition) is 7. The van der Waals surface area contributed by atoms with Crippen LogP contribution in [0.3, 0.4) is 0 Å². The molecule has 3 aromatic rings. The number of halogens is 3. The lowest BCUT2D eigenvalue weighted by molar-refractivity contribution is -0.255. The number of anilines is 1. The van der Waals surface area contributed by atoms with E-state index >= 15 is 0 Å². The first-order chi connectivity index (χ1) is 20.1.